The van der Waals surface area contributed by atoms with Crippen LogP contribution in [0.15, 0.2) is 30.3 Å². The molecule has 1 unspecified atom stereocenters. The number of fused-ring (bicyclic) bond motifs is 5. The maximum atomic E-state index is 16.9. The Kier molecular flexibility index (Phi) is 6.39. The number of terminal acetylenes is 1. The molecule has 4 aliphatic rings. The second-order valence-electron chi connectivity index (χ2n) is 12.3. The van der Waals surface area contributed by atoms with Crippen molar-refractivity contribution in [1.82, 2.24) is 14.9 Å². The fourth-order valence-corrected chi connectivity index (χ4v) is 8.05. The van der Waals surface area contributed by atoms with E-state index in [1.165, 1.54) is 24.3 Å². The van der Waals surface area contributed by atoms with Gasteiger partial charge in [-0.05, 0) is 61.0 Å². The van der Waals surface area contributed by atoms with Gasteiger partial charge in [-0.3, -0.25) is 4.90 Å². The monoisotopic (exact) mass is 620 g/mol. The molecular weight excluding hydrogens is 593 g/mol. The number of aromatic hydroxyl groups is 1. The molecule has 1 aromatic heterocycles. The van der Waals surface area contributed by atoms with E-state index in [-0.39, 0.29) is 63.1 Å². The van der Waals surface area contributed by atoms with E-state index in [0.29, 0.717) is 42.7 Å². The minimum absolute atomic E-state index is 0.0219. The van der Waals surface area contributed by atoms with Gasteiger partial charge in [0.1, 0.15) is 35.7 Å². The number of ether oxygens (including phenoxy) is 2. The third-order valence-corrected chi connectivity index (χ3v) is 10.0. The fraction of sp³-hybridized carbons (Fsp3) is 0.394. The average molecular weight is 621 g/mol. The Morgan fingerprint density at radius 1 is 1.20 bits per heavy atom. The summed E-state index contributed by atoms with van der Waals surface area (Å²) in [5.41, 5.74) is -0.511. The molecular formula is C33H28ClF3N4O3. The van der Waals surface area contributed by atoms with Crippen LogP contribution in [-0.2, 0) is 4.74 Å². The molecule has 4 fully saturated rings. The Bertz CT molecular complexity index is 1900. The highest BCUT2D eigenvalue weighted by Gasteiger charge is 2.49. The topological polar surface area (TPSA) is 71.0 Å². The number of morpholine rings is 1. The molecule has 1 N–H and O–H groups in total. The SMILES string of the molecule is C#Cc1c(F)ccc2cc(O)cc(-c3c(Cl)cc4c(N5C[C@H]6C[C@@H]5CO6)nc(OCC56CCCN5C[C@H](F)C6)nc4c3F)c12. The molecule has 0 aliphatic carbocycles. The van der Waals surface area contributed by atoms with Gasteiger partial charge in [0.15, 0.2) is 5.82 Å². The van der Waals surface area contributed by atoms with Gasteiger partial charge in [0.25, 0.3) is 0 Å². The number of nitrogens with zero attached hydrogens (tertiary/aromatic N) is 4. The van der Waals surface area contributed by atoms with Gasteiger partial charge in [-0.1, -0.05) is 23.6 Å². The molecule has 8 rings (SSSR count). The van der Waals surface area contributed by atoms with E-state index in [1.54, 1.807) is 6.07 Å². The van der Waals surface area contributed by atoms with Gasteiger partial charge in [-0.2, -0.15) is 9.97 Å². The largest absolute Gasteiger partial charge is 0.508 e. The van der Waals surface area contributed by atoms with Gasteiger partial charge >= 0.3 is 6.01 Å². The number of aromatic nitrogens is 2. The number of phenols is 1. The molecule has 4 aromatic rings. The van der Waals surface area contributed by atoms with Crippen molar-refractivity contribution in [2.75, 3.05) is 37.7 Å². The highest BCUT2D eigenvalue weighted by atomic mass is 35.5. The first-order chi connectivity index (χ1) is 21.2. The van der Waals surface area contributed by atoms with Gasteiger partial charge in [0.2, 0.25) is 0 Å². The summed E-state index contributed by atoms with van der Waals surface area (Å²) in [4.78, 5) is 13.5. The highest BCUT2D eigenvalue weighted by molar-refractivity contribution is 6.35. The zero-order valence-corrected chi connectivity index (χ0v) is 24.4. The van der Waals surface area contributed by atoms with Crippen LogP contribution in [0.1, 0.15) is 31.2 Å². The summed E-state index contributed by atoms with van der Waals surface area (Å²) >= 11 is 6.81. The third-order valence-electron chi connectivity index (χ3n) is 9.71. The number of benzene rings is 3. The maximum absolute atomic E-state index is 16.9. The Hall–Kier alpha value is -3.78. The molecule has 0 spiro atoms. The second-order valence-corrected chi connectivity index (χ2v) is 12.7. The summed E-state index contributed by atoms with van der Waals surface area (Å²) in [6, 6.07) is 7.03. The predicted octanol–water partition coefficient (Wildman–Crippen LogP) is 6.00. The quantitative estimate of drug-likeness (QED) is 0.275. The lowest BCUT2D eigenvalue weighted by molar-refractivity contribution is 0.0984. The number of hydrogen-bond donors (Lipinski definition) is 1. The van der Waals surface area contributed by atoms with Crippen molar-refractivity contribution in [3.05, 3.63) is 52.6 Å². The summed E-state index contributed by atoms with van der Waals surface area (Å²) < 4.78 is 58.2. The molecule has 0 amide bonds. The third kappa shape index (κ3) is 4.20. The first-order valence-electron chi connectivity index (χ1n) is 14.8. The van der Waals surface area contributed by atoms with E-state index in [0.717, 1.165) is 25.8 Å². The molecule has 11 heteroatoms. The van der Waals surface area contributed by atoms with E-state index in [2.05, 4.69) is 20.7 Å². The smallest absolute Gasteiger partial charge is 0.319 e. The van der Waals surface area contributed by atoms with Crippen LogP contribution in [0.4, 0.5) is 19.0 Å². The first kappa shape index (κ1) is 27.7. The molecule has 226 valence electrons. The van der Waals surface area contributed by atoms with Gasteiger partial charge in [0.05, 0.1) is 34.9 Å². The number of alkyl halides is 1. The van der Waals surface area contributed by atoms with Crippen LogP contribution < -0.4 is 9.64 Å². The molecule has 4 atom stereocenters. The van der Waals surface area contributed by atoms with E-state index in [9.17, 15) is 13.9 Å². The van der Waals surface area contributed by atoms with Crippen LogP contribution in [-0.4, -0.2) is 76.7 Å². The Morgan fingerprint density at radius 2 is 2.07 bits per heavy atom. The van der Waals surface area contributed by atoms with Crippen LogP contribution in [0.5, 0.6) is 11.8 Å². The lowest BCUT2D eigenvalue weighted by Gasteiger charge is -2.31. The predicted molar refractivity (Wildman–Crippen MR) is 161 cm³/mol. The molecule has 7 nitrogen and oxygen atoms in total. The molecule has 4 saturated heterocycles. The standard InChI is InChI=1S/C33H28ClF3N4O3/c1-2-22-26(36)5-4-17-8-20(42)10-23(27(17)22)28-25(34)11-24-30(29(28)37)38-32(39-31(24)41-14-21-9-19(41)15-43-21)44-16-33-6-3-7-40(33)13-18(35)12-33/h1,4-5,8,10-11,18-19,21,42H,3,6-7,9,12-16H2/t18-,19-,21-,33?/m1/s1. The number of hydrogen-bond acceptors (Lipinski definition) is 7. The summed E-state index contributed by atoms with van der Waals surface area (Å²) in [6.45, 7) is 2.45. The van der Waals surface area contributed by atoms with E-state index in [4.69, 9.17) is 32.5 Å². The van der Waals surface area contributed by atoms with Crippen LogP contribution in [0.25, 0.3) is 32.8 Å². The molecule has 0 saturated carbocycles. The molecule has 2 bridgehead atoms. The Labute approximate surface area is 256 Å². The van der Waals surface area contributed by atoms with E-state index < -0.39 is 23.3 Å². The summed E-state index contributed by atoms with van der Waals surface area (Å²) in [6.07, 6.45) is 7.73. The van der Waals surface area contributed by atoms with Crippen molar-refractivity contribution in [1.29, 1.82) is 0 Å². The Morgan fingerprint density at radius 3 is 2.84 bits per heavy atom. The van der Waals surface area contributed by atoms with E-state index in [1.807, 2.05) is 0 Å². The number of rotatable bonds is 5. The zero-order valence-electron chi connectivity index (χ0n) is 23.6. The van der Waals surface area contributed by atoms with Crippen molar-refractivity contribution in [3.63, 3.8) is 0 Å². The second kappa shape index (κ2) is 10.1. The van der Waals surface area contributed by atoms with Gasteiger partial charge < -0.3 is 19.5 Å². The Balaban J connectivity index is 1.31. The molecule has 5 heterocycles. The molecule has 44 heavy (non-hydrogen) atoms. The average Bonchev–Trinajstić information content (AvgIpc) is 3.77. The van der Waals surface area contributed by atoms with Crippen molar-refractivity contribution < 1.29 is 27.8 Å². The number of anilines is 1. The maximum Gasteiger partial charge on any atom is 0.319 e. The summed E-state index contributed by atoms with van der Waals surface area (Å²) in [5, 5.41) is 11.6. The summed E-state index contributed by atoms with van der Waals surface area (Å²) in [7, 11) is 0. The minimum Gasteiger partial charge on any atom is -0.508 e. The number of halogens is 4. The number of phenolic OH excluding ortho intramolecular Hbond substituents is 1. The zero-order chi connectivity index (χ0) is 30.3. The van der Waals surface area contributed by atoms with Crippen molar-refractivity contribution in [2.45, 2.75) is 49.5 Å². The van der Waals surface area contributed by atoms with Gasteiger partial charge in [0, 0.05) is 35.8 Å². The van der Waals surface area contributed by atoms with Crippen LogP contribution in [0.2, 0.25) is 5.02 Å². The lowest BCUT2D eigenvalue weighted by Crippen LogP contribution is -2.43. The normalized spacial score (nSPS) is 26.2. The van der Waals surface area contributed by atoms with Crippen LogP contribution in [0.3, 0.4) is 0 Å². The van der Waals surface area contributed by atoms with Gasteiger partial charge in [-0.25, -0.2) is 13.2 Å². The molecule has 4 aliphatic heterocycles. The first-order valence-corrected chi connectivity index (χ1v) is 15.1. The summed E-state index contributed by atoms with van der Waals surface area (Å²) in [5.74, 6) is 1.23. The van der Waals surface area contributed by atoms with Gasteiger partial charge in [-0.15, -0.1) is 6.42 Å². The van der Waals surface area contributed by atoms with Crippen LogP contribution >= 0.6 is 11.6 Å². The fourth-order valence-electron chi connectivity index (χ4n) is 7.76. The molecule has 0 radical (unpaired) electrons. The highest BCUT2D eigenvalue weighted by Crippen LogP contribution is 2.45. The van der Waals surface area contributed by atoms with Crippen molar-refractivity contribution >= 4 is 39.1 Å². The van der Waals surface area contributed by atoms with Crippen molar-refractivity contribution in [3.8, 4) is 35.2 Å². The minimum atomic E-state index is -0.927. The molecule has 3 aromatic carbocycles. The van der Waals surface area contributed by atoms with E-state index >= 15 is 4.39 Å². The lowest BCUT2D eigenvalue weighted by atomic mass is 9.93. The van der Waals surface area contributed by atoms with Crippen molar-refractivity contribution in [2.24, 2.45) is 0 Å². The van der Waals surface area contributed by atoms with Crippen LogP contribution in [0, 0.1) is 24.0 Å².